The van der Waals surface area contributed by atoms with E-state index in [9.17, 15) is 4.79 Å². The molecule has 0 radical (unpaired) electrons. The minimum atomic E-state index is -1.97. The summed E-state index contributed by atoms with van der Waals surface area (Å²) in [6, 6.07) is 7.84. The largest absolute Gasteiger partial charge is 0.543 e. The predicted octanol–water partition coefficient (Wildman–Crippen LogP) is 4.39. The molecule has 0 saturated carbocycles. The molecule has 1 N–H and O–H groups in total. The SMILES string of the molecule is CCNc1ncc2c(n1)N(C)CCN(c1cccc(O[Si](C)(C)C(C)(C)C)c1)C2=O. The zero-order chi connectivity index (χ0) is 22.1. The summed E-state index contributed by atoms with van der Waals surface area (Å²) < 4.78 is 6.46. The number of fused-ring (bicyclic) bond motifs is 1. The number of carbonyl (C=O) groups is 1. The van der Waals surface area contributed by atoms with Crippen LogP contribution in [0.25, 0.3) is 0 Å². The van der Waals surface area contributed by atoms with E-state index in [0.29, 0.717) is 30.4 Å². The van der Waals surface area contributed by atoms with Crippen molar-refractivity contribution in [1.29, 1.82) is 0 Å². The van der Waals surface area contributed by atoms with Crippen LogP contribution in [-0.2, 0) is 0 Å². The van der Waals surface area contributed by atoms with Crippen LogP contribution in [0.15, 0.2) is 30.5 Å². The second-order valence-corrected chi connectivity index (χ2v) is 13.9. The Morgan fingerprint density at radius 1 is 1.23 bits per heavy atom. The van der Waals surface area contributed by atoms with Gasteiger partial charge in [-0.2, -0.15) is 4.98 Å². The Morgan fingerprint density at radius 3 is 2.63 bits per heavy atom. The van der Waals surface area contributed by atoms with Gasteiger partial charge < -0.3 is 19.5 Å². The summed E-state index contributed by atoms with van der Waals surface area (Å²) in [6.07, 6.45) is 1.62. The van der Waals surface area contributed by atoms with E-state index in [1.165, 1.54) is 0 Å². The fourth-order valence-electron chi connectivity index (χ4n) is 3.07. The quantitative estimate of drug-likeness (QED) is 0.714. The van der Waals surface area contributed by atoms with Crippen molar-refractivity contribution in [2.75, 3.05) is 41.8 Å². The van der Waals surface area contributed by atoms with E-state index < -0.39 is 8.32 Å². The van der Waals surface area contributed by atoms with E-state index >= 15 is 0 Å². The van der Waals surface area contributed by atoms with Crippen LogP contribution in [0.3, 0.4) is 0 Å². The Balaban J connectivity index is 1.92. The highest BCUT2D eigenvalue weighted by molar-refractivity contribution is 6.74. The highest BCUT2D eigenvalue weighted by Crippen LogP contribution is 2.38. The fourth-order valence-corrected chi connectivity index (χ4v) is 4.09. The highest BCUT2D eigenvalue weighted by Gasteiger charge is 2.39. The van der Waals surface area contributed by atoms with Crippen molar-refractivity contribution in [2.24, 2.45) is 0 Å². The van der Waals surface area contributed by atoms with Gasteiger partial charge in [0.15, 0.2) is 0 Å². The van der Waals surface area contributed by atoms with Gasteiger partial charge in [0.25, 0.3) is 5.91 Å². The molecule has 0 bridgehead atoms. The van der Waals surface area contributed by atoms with Gasteiger partial charge in [-0.3, -0.25) is 4.79 Å². The zero-order valence-corrected chi connectivity index (χ0v) is 20.1. The predicted molar refractivity (Wildman–Crippen MR) is 125 cm³/mol. The molecule has 2 heterocycles. The third-order valence-electron chi connectivity index (χ3n) is 5.91. The van der Waals surface area contributed by atoms with E-state index in [1.54, 1.807) is 11.1 Å². The summed E-state index contributed by atoms with van der Waals surface area (Å²) in [5, 5.41) is 3.21. The minimum Gasteiger partial charge on any atom is -0.543 e. The molecule has 3 rings (SSSR count). The van der Waals surface area contributed by atoms with Gasteiger partial charge in [0.2, 0.25) is 14.3 Å². The molecule has 1 aliphatic rings. The molecule has 1 aliphatic heterocycles. The molecule has 1 amide bonds. The molecule has 30 heavy (non-hydrogen) atoms. The van der Waals surface area contributed by atoms with E-state index in [4.69, 9.17) is 4.43 Å². The van der Waals surface area contributed by atoms with Gasteiger partial charge in [-0.1, -0.05) is 26.8 Å². The summed E-state index contributed by atoms with van der Waals surface area (Å²) in [6.45, 7) is 15.1. The molecule has 0 spiro atoms. The normalized spacial score (nSPS) is 15.0. The molecular weight excluding hydrogens is 394 g/mol. The highest BCUT2D eigenvalue weighted by atomic mass is 28.4. The lowest BCUT2D eigenvalue weighted by Crippen LogP contribution is -2.43. The van der Waals surface area contributed by atoms with Crippen LogP contribution in [0.4, 0.5) is 17.5 Å². The average molecular weight is 428 g/mol. The second kappa shape index (κ2) is 8.26. The summed E-state index contributed by atoms with van der Waals surface area (Å²) in [5.41, 5.74) is 1.33. The maximum atomic E-state index is 13.4. The van der Waals surface area contributed by atoms with Gasteiger partial charge in [-0.25, -0.2) is 4.98 Å². The lowest BCUT2D eigenvalue weighted by molar-refractivity contribution is 0.0989. The van der Waals surface area contributed by atoms with Crippen molar-refractivity contribution in [3.05, 3.63) is 36.0 Å². The van der Waals surface area contributed by atoms with E-state index in [-0.39, 0.29) is 10.9 Å². The smallest absolute Gasteiger partial charge is 0.263 e. The van der Waals surface area contributed by atoms with Crippen molar-refractivity contribution in [1.82, 2.24) is 9.97 Å². The first-order chi connectivity index (χ1) is 14.0. The topological polar surface area (TPSA) is 70.6 Å². The van der Waals surface area contributed by atoms with Gasteiger partial charge in [0, 0.05) is 44.6 Å². The second-order valence-electron chi connectivity index (χ2n) is 9.20. The van der Waals surface area contributed by atoms with Crippen LogP contribution in [0.2, 0.25) is 18.1 Å². The Bertz CT molecular complexity index is 926. The van der Waals surface area contributed by atoms with Crippen molar-refractivity contribution in [3.8, 4) is 5.75 Å². The molecule has 8 heteroatoms. The first-order valence-electron chi connectivity index (χ1n) is 10.5. The number of benzene rings is 1. The number of nitrogens with zero attached hydrogens (tertiary/aromatic N) is 4. The molecule has 2 aromatic rings. The number of likely N-dealkylation sites (N-methyl/N-ethyl adjacent to an activating group) is 1. The lowest BCUT2D eigenvalue weighted by atomic mass is 10.2. The molecule has 0 fully saturated rings. The number of hydrogen-bond donors (Lipinski definition) is 1. The number of carbonyl (C=O) groups excluding carboxylic acids is 1. The number of nitrogens with one attached hydrogen (secondary N) is 1. The van der Waals surface area contributed by atoms with Gasteiger partial charge >= 0.3 is 0 Å². The summed E-state index contributed by atoms with van der Waals surface area (Å²) in [5.74, 6) is 1.90. The lowest BCUT2D eigenvalue weighted by Gasteiger charge is -2.36. The average Bonchev–Trinajstić information content (AvgIpc) is 2.78. The Labute approximate surface area is 180 Å². The van der Waals surface area contributed by atoms with Gasteiger partial charge in [0.1, 0.15) is 17.1 Å². The van der Waals surface area contributed by atoms with Crippen LogP contribution in [0, 0.1) is 0 Å². The van der Waals surface area contributed by atoms with Crippen molar-refractivity contribution in [2.45, 2.75) is 45.8 Å². The maximum absolute atomic E-state index is 13.4. The third-order valence-corrected chi connectivity index (χ3v) is 10.3. The molecular formula is C22H33N5O2Si. The number of rotatable bonds is 5. The van der Waals surface area contributed by atoms with Crippen LogP contribution < -0.4 is 19.5 Å². The van der Waals surface area contributed by atoms with Gasteiger partial charge in [0.05, 0.1) is 0 Å². The molecule has 0 aliphatic carbocycles. The first kappa shape index (κ1) is 22.1. The number of amides is 1. The molecule has 162 valence electrons. The molecule has 0 saturated heterocycles. The molecule has 1 aromatic heterocycles. The number of hydrogen-bond acceptors (Lipinski definition) is 6. The fraction of sp³-hybridized carbons (Fsp3) is 0.500. The van der Waals surface area contributed by atoms with Crippen molar-refractivity contribution < 1.29 is 9.22 Å². The van der Waals surface area contributed by atoms with Crippen molar-refractivity contribution >= 4 is 31.7 Å². The molecule has 1 aromatic carbocycles. The third kappa shape index (κ3) is 4.43. The molecule has 0 atom stereocenters. The summed E-state index contributed by atoms with van der Waals surface area (Å²) in [4.78, 5) is 26.0. The van der Waals surface area contributed by atoms with Gasteiger partial charge in [-0.15, -0.1) is 0 Å². The van der Waals surface area contributed by atoms with Crippen LogP contribution in [0.5, 0.6) is 5.75 Å². The van der Waals surface area contributed by atoms with Gasteiger partial charge in [-0.05, 0) is 37.2 Å². The van der Waals surface area contributed by atoms with Crippen molar-refractivity contribution in [3.63, 3.8) is 0 Å². The Hall–Kier alpha value is -2.61. The minimum absolute atomic E-state index is 0.0955. The Morgan fingerprint density at radius 2 is 1.97 bits per heavy atom. The van der Waals surface area contributed by atoms with Crippen LogP contribution in [0.1, 0.15) is 38.1 Å². The summed E-state index contributed by atoms with van der Waals surface area (Å²) >= 11 is 0. The number of aromatic nitrogens is 2. The molecule has 7 nitrogen and oxygen atoms in total. The van der Waals surface area contributed by atoms with Crippen LogP contribution >= 0.6 is 0 Å². The first-order valence-corrected chi connectivity index (χ1v) is 13.4. The standard InChI is InChI=1S/C22H33N5O2Si/c1-8-23-21-24-15-18-19(25-21)26(5)12-13-27(20(18)28)16-10-9-11-17(14-16)29-30(6,7)22(2,3)4/h9-11,14-15H,8,12-13H2,1-7H3,(H,23,24,25). The maximum Gasteiger partial charge on any atom is 0.263 e. The Kier molecular flexibility index (Phi) is 6.08. The van der Waals surface area contributed by atoms with Crippen LogP contribution in [-0.4, -0.2) is 50.9 Å². The molecule has 0 unspecified atom stereocenters. The zero-order valence-electron chi connectivity index (χ0n) is 19.1. The van der Waals surface area contributed by atoms with E-state index in [1.807, 2.05) is 43.1 Å². The van der Waals surface area contributed by atoms with E-state index in [0.717, 1.165) is 18.0 Å². The monoisotopic (exact) mass is 427 g/mol. The number of anilines is 3. The van der Waals surface area contributed by atoms with E-state index in [2.05, 4.69) is 49.1 Å². The summed E-state index contributed by atoms with van der Waals surface area (Å²) in [7, 11) is -0.0130.